The second-order valence-corrected chi connectivity index (χ2v) is 7.76. The van der Waals surface area contributed by atoms with Crippen LogP contribution in [0.3, 0.4) is 0 Å². The molecule has 8 heteroatoms. The number of nitrogens with one attached hydrogen (secondary N) is 1. The number of hydrogen-bond donors (Lipinski definition) is 1. The van der Waals surface area contributed by atoms with E-state index in [-0.39, 0.29) is 23.6 Å². The van der Waals surface area contributed by atoms with Crippen molar-refractivity contribution in [3.8, 4) is 16.9 Å². The summed E-state index contributed by atoms with van der Waals surface area (Å²) in [5.41, 5.74) is 3.99. The smallest absolute Gasteiger partial charge is 0.261 e. The minimum Gasteiger partial charge on any atom is -0.484 e. The molecule has 6 nitrogen and oxygen atoms in total. The first kappa shape index (κ1) is 20.3. The molecule has 1 fully saturated rings. The van der Waals surface area contributed by atoms with Crippen LogP contribution in [0.2, 0.25) is 5.02 Å². The first-order valence-corrected chi connectivity index (χ1v) is 10.2. The van der Waals surface area contributed by atoms with Crippen LogP contribution in [0.5, 0.6) is 5.75 Å². The van der Waals surface area contributed by atoms with Gasteiger partial charge in [0.2, 0.25) is 0 Å². The molecule has 1 saturated heterocycles. The zero-order valence-electron chi connectivity index (χ0n) is 16.6. The fourth-order valence-corrected chi connectivity index (χ4v) is 4.04. The molecule has 3 heterocycles. The molecule has 1 aromatic carbocycles. The van der Waals surface area contributed by atoms with Crippen LogP contribution in [-0.2, 0) is 4.79 Å². The summed E-state index contributed by atoms with van der Waals surface area (Å²) in [4.78, 5) is 19.0. The number of nitrogens with zero attached hydrogens (tertiary/aromatic N) is 3. The molecule has 0 spiro atoms. The fraction of sp³-hybridized carbons (Fsp3) is 0.318. The number of benzene rings is 1. The molecule has 1 amide bonds. The van der Waals surface area contributed by atoms with Gasteiger partial charge in [-0.15, -0.1) is 0 Å². The second-order valence-electron chi connectivity index (χ2n) is 7.35. The standard InChI is InChI=1S/C22H22ClFN4O2/c1-14-11-25-8-7-16(14)17-12-26-27-22(17)20-4-2-3-9-28(20)21(29)13-30-15-5-6-19(24)18(23)10-15/h5-8,10-12,20H,2-4,9,13H2,1H3,(H,26,27)/t20-/m0/s1. The largest absolute Gasteiger partial charge is 0.484 e. The van der Waals surface area contributed by atoms with Crippen molar-refractivity contribution in [2.24, 2.45) is 0 Å². The quantitative estimate of drug-likeness (QED) is 0.639. The number of H-pyrrole nitrogens is 1. The summed E-state index contributed by atoms with van der Waals surface area (Å²) in [6.45, 7) is 2.51. The van der Waals surface area contributed by atoms with Gasteiger partial charge in [0.25, 0.3) is 5.91 Å². The van der Waals surface area contributed by atoms with Gasteiger partial charge in [-0.25, -0.2) is 4.39 Å². The Morgan fingerprint density at radius 2 is 2.17 bits per heavy atom. The van der Waals surface area contributed by atoms with E-state index in [9.17, 15) is 9.18 Å². The highest BCUT2D eigenvalue weighted by atomic mass is 35.5. The number of ether oxygens (including phenoxy) is 1. The van der Waals surface area contributed by atoms with Crippen LogP contribution >= 0.6 is 11.6 Å². The fourth-order valence-electron chi connectivity index (χ4n) is 3.87. The van der Waals surface area contributed by atoms with E-state index in [1.54, 1.807) is 12.4 Å². The summed E-state index contributed by atoms with van der Waals surface area (Å²) in [5, 5.41) is 7.33. The highest BCUT2D eigenvalue weighted by Gasteiger charge is 2.31. The Hall–Kier alpha value is -2.93. The number of piperidine rings is 1. The molecule has 30 heavy (non-hydrogen) atoms. The van der Waals surface area contributed by atoms with Crippen molar-refractivity contribution in [1.29, 1.82) is 0 Å². The molecule has 1 atom stereocenters. The maximum absolute atomic E-state index is 13.3. The molecular weight excluding hydrogens is 407 g/mol. The van der Waals surface area contributed by atoms with Gasteiger partial charge in [-0.2, -0.15) is 5.10 Å². The molecule has 156 valence electrons. The third-order valence-electron chi connectivity index (χ3n) is 5.39. The predicted molar refractivity (Wildman–Crippen MR) is 112 cm³/mol. The Labute approximate surface area is 179 Å². The van der Waals surface area contributed by atoms with E-state index >= 15 is 0 Å². The third kappa shape index (κ3) is 4.16. The van der Waals surface area contributed by atoms with Crippen LogP contribution < -0.4 is 4.74 Å². The molecule has 3 aromatic rings. The summed E-state index contributed by atoms with van der Waals surface area (Å²) >= 11 is 5.79. The van der Waals surface area contributed by atoms with Crippen molar-refractivity contribution in [2.75, 3.05) is 13.2 Å². The Balaban J connectivity index is 1.54. The average molecular weight is 429 g/mol. The van der Waals surface area contributed by atoms with E-state index in [4.69, 9.17) is 16.3 Å². The van der Waals surface area contributed by atoms with Crippen LogP contribution in [0.1, 0.15) is 36.6 Å². The SMILES string of the molecule is Cc1cnccc1-c1cn[nH]c1[C@@H]1CCCCN1C(=O)COc1ccc(F)c(Cl)c1. The van der Waals surface area contributed by atoms with Crippen LogP contribution in [0.15, 0.2) is 42.9 Å². The van der Waals surface area contributed by atoms with Crippen molar-refractivity contribution < 1.29 is 13.9 Å². The first-order valence-electron chi connectivity index (χ1n) is 9.86. The molecule has 0 radical (unpaired) electrons. The van der Waals surface area contributed by atoms with E-state index in [0.717, 1.165) is 41.6 Å². The van der Waals surface area contributed by atoms with E-state index in [1.165, 1.54) is 18.2 Å². The van der Waals surface area contributed by atoms with Gasteiger partial charge in [-0.05, 0) is 55.5 Å². The second kappa shape index (κ2) is 8.83. The van der Waals surface area contributed by atoms with Crippen molar-refractivity contribution in [3.05, 3.63) is 65.0 Å². The molecule has 1 aliphatic rings. The number of amides is 1. The van der Waals surface area contributed by atoms with Gasteiger partial charge >= 0.3 is 0 Å². The van der Waals surface area contributed by atoms with Gasteiger partial charge in [0.05, 0.1) is 23.0 Å². The molecule has 4 rings (SSSR count). The Morgan fingerprint density at radius 3 is 2.97 bits per heavy atom. The lowest BCUT2D eigenvalue weighted by Crippen LogP contribution is -2.41. The van der Waals surface area contributed by atoms with Crippen LogP contribution in [0.25, 0.3) is 11.1 Å². The summed E-state index contributed by atoms with van der Waals surface area (Å²) in [5.74, 6) is -0.297. The molecule has 0 aliphatic carbocycles. The summed E-state index contributed by atoms with van der Waals surface area (Å²) in [6.07, 6.45) is 8.17. The Kier molecular flexibility index (Phi) is 5.99. The minimum atomic E-state index is -0.524. The number of likely N-dealkylation sites (tertiary alicyclic amines) is 1. The molecule has 2 aromatic heterocycles. The van der Waals surface area contributed by atoms with E-state index in [1.807, 2.05) is 24.1 Å². The van der Waals surface area contributed by atoms with Crippen LogP contribution in [0.4, 0.5) is 4.39 Å². The predicted octanol–water partition coefficient (Wildman–Crippen LogP) is 4.71. The maximum Gasteiger partial charge on any atom is 0.261 e. The normalized spacial score (nSPS) is 16.5. The minimum absolute atomic E-state index is 0.0365. The monoisotopic (exact) mass is 428 g/mol. The zero-order chi connectivity index (χ0) is 21.1. The third-order valence-corrected chi connectivity index (χ3v) is 5.68. The van der Waals surface area contributed by atoms with Gasteiger partial charge in [0.1, 0.15) is 11.6 Å². The number of aromatic nitrogens is 3. The van der Waals surface area contributed by atoms with Crippen molar-refractivity contribution in [1.82, 2.24) is 20.1 Å². The van der Waals surface area contributed by atoms with Crippen LogP contribution in [-0.4, -0.2) is 39.1 Å². The number of carbonyl (C=O) groups excluding carboxylic acids is 1. The molecular formula is C22H22ClFN4O2. The van der Waals surface area contributed by atoms with E-state index in [0.29, 0.717) is 12.3 Å². The lowest BCUT2D eigenvalue weighted by molar-refractivity contribution is -0.137. The van der Waals surface area contributed by atoms with Crippen LogP contribution in [0, 0.1) is 12.7 Å². The Morgan fingerprint density at radius 1 is 1.30 bits per heavy atom. The van der Waals surface area contributed by atoms with Crippen molar-refractivity contribution >= 4 is 17.5 Å². The van der Waals surface area contributed by atoms with E-state index in [2.05, 4.69) is 15.2 Å². The summed E-state index contributed by atoms with van der Waals surface area (Å²) in [7, 11) is 0. The lowest BCUT2D eigenvalue weighted by atomic mass is 9.93. The maximum atomic E-state index is 13.3. The number of aryl methyl sites for hydroxylation is 1. The van der Waals surface area contributed by atoms with Gasteiger partial charge in [0, 0.05) is 30.6 Å². The van der Waals surface area contributed by atoms with Gasteiger partial charge in [-0.1, -0.05) is 11.6 Å². The molecule has 1 N–H and O–H groups in total. The number of halogens is 2. The highest BCUT2D eigenvalue weighted by Crippen LogP contribution is 2.36. The average Bonchev–Trinajstić information content (AvgIpc) is 3.24. The first-order chi connectivity index (χ1) is 14.5. The number of pyridine rings is 1. The number of hydrogen-bond acceptors (Lipinski definition) is 4. The molecule has 0 saturated carbocycles. The molecule has 0 unspecified atom stereocenters. The van der Waals surface area contributed by atoms with E-state index < -0.39 is 5.82 Å². The molecule has 1 aliphatic heterocycles. The molecule has 0 bridgehead atoms. The summed E-state index contributed by atoms with van der Waals surface area (Å²) in [6, 6.07) is 5.90. The summed E-state index contributed by atoms with van der Waals surface area (Å²) < 4.78 is 18.9. The zero-order valence-corrected chi connectivity index (χ0v) is 17.3. The highest BCUT2D eigenvalue weighted by molar-refractivity contribution is 6.30. The number of aromatic amines is 1. The van der Waals surface area contributed by atoms with Crippen molar-refractivity contribution in [2.45, 2.75) is 32.2 Å². The van der Waals surface area contributed by atoms with Gasteiger partial charge < -0.3 is 9.64 Å². The topological polar surface area (TPSA) is 71.1 Å². The van der Waals surface area contributed by atoms with Crippen molar-refractivity contribution in [3.63, 3.8) is 0 Å². The van der Waals surface area contributed by atoms with Gasteiger partial charge in [0.15, 0.2) is 6.61 Å². The number of carbonyl (C=O) groups is 1. The lowest BCUT2D eigenvalue weighted by Gasteiger charge is -2.35. The Bertz CT molecular complexity index is 1060. The number of rotatable bonds is 5. The van der Waals surface area contributed by atoms with Gasteiger partial charge in [-0.3, -0.25) is 14.9 Å².